The maximum Gasteiger partial charge on any atom is 0.0121 e. The van der Waals surface area contributed by atoms with Gasteiger partial charge >= 0.3 is 0 Å². The second kappa shape index (κ2) is 15.8. The van der Waals surface area contributed by atoms with Crippen molar-refractivity contribution in [3.63, 3.8) is 0 Å². The third-order valence-electron chi connectivity index (χ3n) is 7.75. The van der Waals surface area contributed by atoms with Crippen LogP contribution >= 0.6 is 0 Å². The highest BCUT2D eigenvalue weighted by atomic mass is 15.2. The Bertz CT molecular complexity index is 888. The summed E-state index contributed by atoms with van der Waals surface area (Å²) in [7, 11) is 2.07. The SMILES string of the molecule is C=C/C=C/c1ccc(C)c(C)c1.CCC(CCNC)C(CC)N1CCC(c2ccc(C)cc2)CC1. The van der Waals surface area contributed by atoms with E-state index in [-0.39, 0.29) is 0 Å². The van der Waals surface area contributed by atoms with Crippen molar-refractivity contribution in [3.8, 4) is 0 Å². The molecule has 0 amide bonds. The molecule has 1 fully saturated rings. The first kappa shape index (κ1) is 29.1. The van der Waals surface area contributed by atoms with Crippen molar-refractivity contribution in [2.75, 3.05) is 26.7 Å². The largest absolute Gasteiger partial charge is 0.320 e. The summed E-state index contributed by atoms with van der Waals surface area (Å²) < 4.78 is 0. The molecule has 1 aliphatic heterocycles. The molecule has 3 rings (SSSR count). The summed E-state index contributed by atoms with van der Waals surface area (Å²) in [5, 5.41) is 3.33. The van der Waals surface area contributed by atoms with Crippen molar-refractivity contribution >= 4 is 6.08 Å². The minimum absolute atomic E-state index is 0.766. The van der Waals surface area contributed by atoms with E-state index in [4.69, 9.17) is 0 Å². The van der Waals surface area contributed by atoms with E-state index >= 15 is 0 Å². The van der Waals surface area contributed by atoms with Crippen LogP contribution in [0.15, 0.2) is 61.2 Å². The van der Waals surface area contributed by atoms with Gasteiger partial charge in [0.15, 0.2) is 0 Å². The minimum atomic E-state index is 0.766. The van der Waals surface area contributed by atoms with Crippen LogP contribution in [-0.2, 0) is 0 Å². The zero-order chi connectivity index (χ0) is 25.6. The fourth-order valence-corrected chi connectivity index (χ4v) is 5.34. The molecular formula is C33H50N2. The normalized spacial score (nSPS) is 16.5. The highest BCUT2D eigenvalue weighted by molar-refractivity contribution is 5.52. The van der Waals surface area contributed by atoms with Crippen molar-refractivity contribution in [1.82, 2.24) is 10.2 Å². The molecule has 0 aromatic heterocycles. The monoisotopic (exact) mass is 474 g/mol. The van der Waals surface area contributed by atoms with Crippen LogP contribution in [0.5, 0.6) is 0 Å². The zero-order valence-electron chi connectivity index (χ0n) is 23.3. The average molecular weight is 475 g/mol. The van der Waals surface area contributed by atoms with Crippen molar-refractivity contribution < 1.29 is 0 Å². The lowest BCUT2D eigenvalue weighted by atomic mass is 9.85. The summed E-state index contributed by atoms with van der Waals surface area (Å²) in [5.41, 5.74) is 6.82. The third kappa shape index (κ3) is 9.43. The quantitative estimate of drug-likeness (QED) is 0.350. The van der Waals surface area contributed by atoms with Crippen molar-refractivity contribution in [1.29, 1.82) is 0 Å². The van der Waals surface area contributed by atoms with Gasteiger partial charge in [-0.05, 0) is 107 Å². The van der Waals surface area contributed by atoms with Crippen LogP contribution in [0.1, 0.15) is 79.7 Å². The Morgan fingerprint density at radius 3 is 2.20 bits per heavy atom. The van der Waals surface area contributed by atoms with Gasteiger partial charge in [-0.15, -0.1) is 0 Å². The molecule has 2 nitrogen and oxygen atoms in total. The van der Waals surface area contributed by atoms with Gasteiger partial charge in [-0.25, -0.2) is 0 Å². The molecule has 1 saturated heterocycles. The predicted molar refractivity (Wildman–Crippen MR) is 156 cm³/mol. The topological polar surface area (TPSA) is 15.3 Å². The number of nitrogens with one attached hydrogen (secondary N) is 1. The molecule has 2 unspecified atom stereocenters. The molecular weight excluding hydrogens is 424 g/mol. The van der Waals surface area contributed by atoms with Gasteiger partial charge in [0.05, 0.1) is 0 Å². The third-order valence-corrected chi connectivity index (χ3v) is 7.75. The van der Waals surface area contributed by atoms with Crippen molar-refractivity contribution in [3.05, 3.63) is 89.0 Å². The molecule has 1 aliphatic rings. The fourth-order valence-electron chi connectivity index (χ4n) is 5.34. The maximum absolute atomic E-state index is 3.63. The highest BCUT2D eigenvalue weighted by Crippen LogP contribution is 2.32. The van der Waals surface area contributed by atoms with Crippen LogP contribution in [-0.4, -0.2) is 37.6 Å². The maximum atomic E-state index is 3.63. The molecule has 0 saturated carbocycles. The molecule has 2 atom stereocenters. The van der Waals surface area contributed by atoms with Crippen LogP contribution in [0.2, 0.25) is 0 Å². The first-order chi connectivity index (χ1) is 16.9. The summed E-state index contributed by atoms with van der Waals surface area (Å²) >= 11 is 0. The van der Waals surface area contributed by atoms with Crippen LogP contribution in [0.3, 0.4) is 0 Å². The number of allylic oxidation sites excluding steroid dienone is 2. The lowest BCUT2D eigenvalue weighted by Gasteiger charge is -2.41. The number of rotatable bonds is 10. The summed E-state index contributed by atoms with van der Waals surface area (Å²) in [6.07, 6.45) is 12.3. The van der Waals surface area contributed by atoms with Gasteiger partial charge < -0.3 is 10.2 Å². The van der Waals surface area contributed by atoms with E-state index in [1.165, 1.54) is 67.4 Å². The molecule has 2 aromatic rings. The van der Waals surface area contributed by atoms with E-state index in [2.05, 4.69) is 107 Å². The number of nitrogens with zero attached hydrogens (tertiary/aromatic N) is 1. The summed E-state index contributed by atoms with van der Waals surface area (Å²) in [5.74, 6) is 1.60. The number of hydrogen-bond acceptors (Lipinski definition) is 2. The Morgan fingerprint density at radius 2 is 1.66 bits per heavy atom. The van der Waals surface area contributed by atoms with Gasteiger partial charge in [-0.2, -0.15) is 0 Å². The van der Waals surface area contributed by atoms with E-state index in [1.807, 2.05) is 6.08 Å². The van der Waals surface area contributed by atoms with Gasteiger partial charge in [-0.1, -0.05) is 93.1 Å². The highest BCUT2D eigenvalue weighted by Gasteiger charge is 2.29. The van der Waals surface area contributed by atoms with Crippen molar-refractivity contribution in [2.24, 2.45) is 5.92 Å². The van der Waals surface area contributed by atoms with Gasteiger partial charge in [0, 0.05) is 6.04 Å². The van der Waals surface area contributed by atoms with Crippen molar-refractivity contribution in [2.45, 2.75) is 78.7 Å². The Hall–Kier alpha value is -2.16. The minimum Gasteiger partial charge on any atom is -0.320 e. The first-order valence-electron chi connectivity index (χ1n) is 13.7. The molecule has 2 aromatic carbocycles. The Kier molecular flexibility index (Phi) is 13.1. The number of likely N-dealkylation sites (tertiary alicyclic amines) is 1. The zero-order valence-corrected chi connectivity index (χ0v) is 23.3. The summed E-state index contributed by atoms with van der Waals surface area (Å²) in [4.78, 5) is 2.79. The molecule has 0 radical (unpaired) electrons. The standard InChI is InChI=1S/C21H36N2.C12H14/c1-5-18(11-14-22-4)21(6-2)23-15-12-20(13-16-23)19-9-7-17(3)8-10-19;1-4-5-6-12-8-7-10(2)11(3)9-12/h7-10,18,20-22H,5-6,11-16H2,1-4H3;4-9H,1H2,2-3H3/b;6-5+. The lowest BCUT2D eigenvalue weighted by molar-refractivity contribution is 0.0986. The molecule has 1 N–H and O–H groups in total. The lowest BCUT2D eigenvalue weighted by Crippen LogP contribution is -2.45. The average Bonchev–Trinajstić information content (AvgIpc) is 2.88. The Balaban J connectivity index is 0.000000303. The second-order valence-corrected chi connectivity index (χ2v) is 10.2. The van der Waals surface area contributed by atoms with E-state index in [0.717, 1.165) is 24.4 Å². The summed E-state index contributed by atoms with van der Waals surface area (Å²) in [6, 6.07) is 16.4. The smallest absolute Gasteiger partial charge is 0.0121 e. The van der Waals surface area contributed by atoms with Gasteiger partial charge in [0.25, 0.3) is 0 Å². The number of hydrogen-bond donors (Lipinski definition) is 1. The van der Waals surface area contributed by atoms with Gasteiger partial charge in [0.1, 0.15) is 0 Å². The predicted octanol–water partition coefficient (Wildman–Crippen LogP) is 8.09. The molecule has 2 heteroatoms. The molecule has 35 heavy (non-hydrogen) atoms. The van der Waals surface area contributed by atoms with Crippen LogP contribution < -0.4 is 5.32 Å². The van der Waals surface area contributed by atoms with Crippen LogP contribution in [0, 0.1) is 26.7 Å². The number of benzene rings is 2. The Labute approximate surface area is 216 Å². The fraction of sp³-hybridized carbons (Fsp3) is 0.515. The molecule has 1 heterocycles. The first-order valence-corrected chi connectivity index (χ1v) is 13.7. The molecule has 192 valence electrons. The van der Waals surface area contributed by atoms with E-state index in [1.54, 1.807) is 11.6 Å². The van der Waals surface area contributed by atoms with E-state index in [0.29, 0.717) is 0 Å². The van der Waals surface area contributed by atoms with Gasteiger partial charge in [-0.3, -0.25) is 0 Å². The van der Waals surface area contributed by atoms with Gasteiger partial charge in [0.2, 0.25) is 0 Å². The van der Waals surface area contributed by atoms with E-state index < -0.39 is 0 Å². The molecule has 0 aliphatic carbocycles. The van der Waals surface area contributed by atoms with E-state index in [9.17, 15) is 0 Å². The van der Waals surface area contributed by atoms with Crippen LogP contribution in [0.4, 0.5) is 0 Å². The number of aryl methyl sites for hydroxylation is 3. The second-order valence-electron chi connectivity index (χ2n) is 10.2. The summed E-state index contributed by atoms with van der Waals surface area (Å²) in [6.45, 7) is 18.5. The van der Waals surface area contributed by atoms with Crippen LogP contribution in [0.25, 0.3) is 6.08 Å². The molecule has 0 spiro atoms. The number of piperidine rings is 1. The Morgan fingerprint density at radius 1 is 0.971 bits per heavy atom. The molecule has 0 bridgehead atoms.